The van der Waals surface area contributed by atoms with Crippen molar-refractivity contribution in [2.24, 2.45) is 0 Å². The molecule has 0 radical (unpaired) electrons. The van der Waals surface area contributed by atoms with Crippen LogP contribution in [-0.2, 0) is 33.1 Å². The van der Waals surface area contributed by atoms with E-state index in [0.29, 0.717) is 21.3 Å². The van der Waals surface area contributed by atoms with E-state index in [9.17, 15) is 45.5 Å². The summed E-state index contributed by atoms with van der Waals surface area (Å²) in [5.41, 5.74) is 0.366. The third-order valence-corrected chi connectivity index (χ3v) is 15.4. The number of halogens is 6. The number of fused-ring (bicyclic) bond motifs is 10. The van der Waals surface area contributed by atoms with Crippen molar-refractivity contribution < 1.29 is 55.0 Å². The second kappa shape index (κ2) is 13.5. The largest absolute Gasteiger partial charge is 0.481 e. The second-order valence-corrected chi connectivity index (χ2v) is 19.1. The van der Waals surface area contributed by atoms with Gasteiger partial charge in [-0.2, -0.15) is 26.3 Å². The Hall–Kier alpha value is -5.60. The average molecular weight is 883 g/mol. The van der Waals surface area contributed by atoms with Crippen LogP contribution in [0.5, 0.6) is 11.5 Å². The third kappa shape index (κ3) is 5.88. The first-order chi connectivity index (χ1) is 29.5. The number of benzene rings is 3. The van der Waals surface area contributed by atoms with Crippen molar-refractivity contribution in [3.05, 3.63) is 115 Å². The Kier molecular flexibility index (Phi) is 8.52. The zero-order chi connectivity index (χ0) is 43.1. The molecular weight excluding hydrogens is 851 g/mol. The standard InChI is InChI=1S/C48H32F6O6S2/c49-47(50,51)23-7-9-27-29(15-23)39(55)41(57)31(27)17-25-19-37-43(61-25)33-22-36-34(21-35(33)45(59-37)11-3-1-4-12-45)44-38(60-46(36)13-5-2-6-14-46)20-26(62-44)18-32-28-10-8-24(48(52,53)54)16-30(28)40(56)42(32)58/h7-10,15-22H,1-6,11-14H2/b31-17-,32-18-. The summed E-state index contributed by atoms with van der Waals surface area (Å²) in [6, 6.07) is 13.7. The van der Waals surface area contributed by atoms with Gasteiger partial charge >= 0.3 is 12.4 Å². The van der Waals surface area contributed by atoms with E-state index in [1.54, 1.807) is 12.2 Å². The molecule has 6 nitrogen and oxygen atoms in total. The molecule has 0 amide bonds. The number of rotatable bonds is 2. The lowest BCUT2D eigenvalue weighted by Crippen LogP contribution is -2.40. The van der Waals surface area contributed by atoms with Crippen LogP contribution < -0.4 is 9.47 Å². The lowest BCUT2D eigenvalue weighted by molar-refractivity contribution is -0.138. The first kappa shape index (κ1) is 39.3. The van der Waals surface area contributed by atoms with E-state index in [1.807, 2.05) is 12.1 Å². The maximum Gasteiger partial charge on any atom is 0.416 e. The van der Waals surface area contributed by atoms with Crippen LogP contribution in [0.1, 0.15) is 128 Å². The molecule has 4 heterocycles. The van der Waals surface area contributed by atoms with Gasteiger partial charge in [0.15, 0.2) is 0 Å². The molecule has 14 heteroatoms. The fourth-order valence-corrected chi connectivity index (χ4v) is 12.4. The van der Waals surface area contributed by atoms with Crippen molar-refractivity contribution in [1.29, 1.82) is 0 Å². The molecule has 2 aliphatic heterocycles. The fraction of sp³-hybridized carbons (Fsp3) is 0.292. The highest BCUT2D eigenvalue weighted by molar-refractivity contribution is 7.17. The molecule has 0 atom stereocenters. The molecule has 5 aromatic rings. The molecule has 2 spiro atoms. The topological polar surface area (TPSA) is 86.7 Å². The Balaban J connectivity index is 1.04. The van der Waals surface area contributed by atoms with Crippen LogP contribution >= 0.6 is 22.7 Å². The van der Waals surface area contributed by atoms with E-state index in [-0.39, 0.29) is 33.4 Å². The quantitative estimate of drug-likeness (QED) is 0.0997. The molecule has 2 saturated carbocycles. The Bertz CT molecular complexity index is 2730. The molecule has 2 fully saturated rings. The Labute approximate surface area is 357 Å². The summed E-state index contributed by atoms with van der Waals surface area (Å²) in [6.45, 7) is 0. The summed E-state index contributed by atoms with van der Waals surface area (Å²) in [6.07, 6.45) is 2.52. The summed E-state index contributed by atoms with van der Waals surface area (Å²) in [4.78, 5) is 55.3. The first-order valence-corrected chi connectivity index (χ1v) is 22.1. The predicted molar refractivity (Wildman–Crippen MR) is 221 cm³/mol. The lowest BCUT2D eigenvalue weighted by atomic mass is 9.71. The molecule has 4 aliphatic carbocycles. The van der Waals surface area contributed by atoms with Gasteiger partial charge in [0.1, 0.15) is 22.7 Å². The van der Waals surface area contributed by atoms with Crippen LogP contribution in [-0.4, -0.2) is 23.1 Å². The highest BCUT2D eigenvalue weighted by Gasteiger charge is 2.49. The average Bonchev–Trinajstić information content (AvgIpc) is 3.97. The van der Waals surface area contributed by atoms with E-state index >= 15 is 0 Å². The molecule has 11 rings (SSSR count). The van der Waals surface area contributed by atoms with E-state index in [2.05, 4.69) is 12.1 Å². The molecule has 0 saturated heterocycles. The van der Waals surface area contributed by atoms with Crippen molar-refractivity contribution in [1.82, 2.24) is 0 Å². The van der Waals surface area contributed by atoms with E-state index in [0.717, 1.165) is 120 Å². The molecular formula is C48H32F6O6S2. The zero-order valence-corrected chi connectivity index (χ0v) is 34.2. The predicted octanol–water partition coefficient (Wildman–Crippen LogP) is 12.9. The zero-order valence-electron chi connectivity index (χ0n) is 32.5. The molecule has 62 heavy (non-hydrogen) atoms. The molecule has 6 aliphatic rings. The van der Waals surface area contributed by atoms with E-state index in [1.165, 1.54) is 34.8 Å². The van der Waals surface area contributed by atoms with Gasteiger partial charge in [-0.3, -0.25) is 19.2 Å². The molecule has 0 bridgehead atoms. The van der Waals surface area contributed by atoms with Crippen molar-refractivity contribution in [2.75, 3.05) is 0 Å². The van der Waals surface area contributed by atoms with Crippen LogP contribution in [0.15, 0.2) is 60.7 Å². The van der Waals surface area contributed by atoms with Gasteiger partial charge in [0, 0.05) is 54.3 Å². The Morgan fingerprint density at radius 3 is 1.23 bits per heavy atom. The van der Waals surface area contributed by atoms with Crippen LogP contribution in [0.2, 0.25) is 0 Å². The summed E-state index contributed by atoms with van der Waals surface area (Å²) in [5.74, 6) is -2.45. The minimum Gasteiger partial charge on any atom is -0.481 e. The smallest absolute Gasteiger partial charge is 0.416 e. The molecule has 3 aromatic carbocycles. The van der Waals surface area contributed by atoms with Gasteiger partial charge in [-0.25, -0.2) is 0 Å². The molecule has 314 valence electrons. The van der Waals surface area contributed by atoms with Crippen LogP contribution in [0.25, 0.3) is 44.2 Å². The summed E-state index contributed by atoms with van der Waals surface area (Å²) < 4.78 is 95.2. The number of alkyl halides is 6. The number of ketones is 4. The van der Waals surface area contributed by atoms with Gasteiger partial charge in [-0.05, 0) is 123 Å². The number of hydrogen-bond donors (Lipinski definition) is 0. The van der Waals surface area contributed by atoms with Crippen molar-refractivity contribution >= 4 is 69.1 Å². The van der Waals surface area contributed by atoms with E-state index in [4.69, 9.17) is 9.47 Å². The lowest BCUT2D eigenvalue weighted by Gasteiger charge is -2.45. The SMILES string of the molecule is O=C1C(=O)c2cc(C(F)(F)F)ccc2/C1=C/c1cc2c(s1)-c1cc3c(cc1C1(CCCCC1)O2)-c1sc(/C=C2\C(=O)C(=O)c4cc(C(F)(F)F)ccc42)cc1OC31CCCCC1. The molecule has 0 unspecified atom stereocenters. The summed E-state index contributed by atoms with van der Waals surface area (Å²) in [5, 5.41) is 0. The maximum atomic E-state index is 13.5. The molecule has 0 N–H and O–H groups in total. The number of allylic oxidation sites excluding steroid dienone is 2. The number of Topliss-reactive ketones (excluding diaryl/α,β-unsaturated/α-hetero) is 4. The van der Waals surface area contributed by atoms with Gasteiger partial charge in [-0.15, -0.1) is 22.7 Å². The third-order valence-electron chi connectivity index (χ3n) is 13.2. The number of thiophene rings is 2. The van der Waals surface area contributed by atoms with Gasteiger partial charge in [0.25, 0.3) is 0 Å². The van der Waals surface area contributed by atoms with Crippen molar-refractivity contribution in [3.63, 3.8) is 0 Å². The maximum absolute atomic E-state index is 13.5. The monoisotopic (exact) mass is 882 g/mol. The van der Waals surface area contributed by atoms with Crippen LogP contribution in [0, 0.1) is 0 Å². The summed E-state index contributed by atoms with van der Waals surface area (Å²) in [7, 11) is 0. The van der Waals surface area contributed by atoms with E-state index < -0.39 is 57.8 Å². The Morgan fingerprint density at radius 2 is 0.855 bits per heavy atom. The van der Waals surface area contributed by atoms with Crippen molar-refractivity contribution in [3.8, 4) is 32.4 Å². The number of carbonyl (C=O) groups is 4. The number of carbonyl (C=O) groups excluding carboxylic acids is 4. The van der Waals surface area contributed by atoms with Gasteiger partial charge in [0.2, 0.25) is 23.1 Å². The number of ether oxygens (including phenoxy) is 2. The van der Waals surface area contributed by atoms with Crippen LogP contribution in [0.4, 0.5) is 26.3 Å². The van der Waals surface area contributed by atoms with Crippen LogP contribution in [0.3, 0.4) is 0 Å². The highest BCUT2D eigenvalue weighted by atomic mass is 32.1. The normalized spacial score (nSPS) is 20.8. The second-order valence-electron chi connectivity index (χ2n) is 16.9. The minimum absolute atomic E-state index is 0.0270. The first-order valence-electron chi connectivity index (χ1n) is 20.4. The van der Waals surface area contributed by atoms with Gasteiger partial charge < -0.3 is 9.47 Å². The fourth-order valence-electron chi connectivity index (χ4n) is 10.3. The Morgan fingerprint density at radius 1 is 0.468 bits per heavy atom. The highest BCUT2D eigenvalue weighted by Crippen LogP contribution is 2.60. The van der Waals surface area contributed by atoms with Crippen molar-refractivity contribution in [2.45, 2.75) is 87.8 Å². The van der Waals surface area contributed by atoms with Gasteiger partial charge in [-0.1, -0.05) is 25.0 Å². The number of hydrogen-bond acceptors (Lipinski definition) is 8. The summed E-state index contributed by atoms with van der Waals surface area (Å²) >= 11 is 2.75. The van der Waals surface area contributed by atoms with Gasteiger partial charge in [0.05, 0.1) is 20.9 Å². The minimum atomic E-state index is -4.68. The molecule has 2 aromatic heterocycles.